The average molecular weight is 331 g/mol. The van der Waals surface area contributed by atoms with E-state index in [1.54, 1.807) is 18.2 Å². The molecular weight excluding hydrogens is 312 g/mol. The van der Waals surface area contributed by atoms with Crippen LogP contribution in [0.3, 0.4) is 0 Å². The highest BCUT2D eigenvalue weighted by Gasteiger charge is 2.11. The molecule has 0 bridgehead atoms. The van der Waals surface area contributed by atoms with Crippen LogP contribution in [-0.4, -0.2) is 11.8 Å². The molecule has 0 saturated carbocycles. The lowest BCUT2D eigenvalue weighted by molar-refractivity contribution is -0.123. The Kier molecular flexibility index (Phi) is 5.77. The standard InChI is InChI=1S/C18H19ClN2O2/c1-3-13-4-7-15(8-5-13)20-17(22)11-18(23)21-16-9-6-14(19)10-12(16)2/h4-10H,3,11H2,1-2H3,(H,20,22)(H,21,23). The van der Waals surface area contributed by atoms with Crippen LogP contribution in [-0.2, 0) is 16.0 Å². The maximum Gasteiger partial charge on any atom is 0.233 e. The minimum Gasteiger partial charge on any atom is -0.326 e. The molecule has 0 radical (unpaired) electrons. The van der Waals surface area contributed by atoms with Gasteiger partial charge < -0.3 is 10.6 Å². The number of benzene rings is 2. The van der Waals surface area contributed by atoms with E-state index in [-0.39, 0.29) is 18.2 Å². The molecule has 0 unspecified atom stereocenters. The topological polar surface area (TPSA) is 58.2 Å². The monoisotopic (exact) mass is 330 g/mol. The van der Waals surface area contributed by atoms with Crippen LogP contribution in [0.25, 0.3) is 0 Å². The van der Waals surface area contributed by atoms with Gasteiger partial charge in [-0.05, 0) is 54.8 Å². The summed E-state index contributed by atoms with van der Waals surface area (Å²) in [5.41, 5.74) is 3.38. The number of hydrogen-bond acceptors (Lipinski definition) is 2. The molecule has 0 heterocycles. The van der Waals surface area contributed by atoms with Crippen LogP contribution in [0.4, 0.5) is 11.4 Å². The van der Waals surface area contributed by atoms with Crippen LogP contribution in [0.2, 0.25) is 5.02 Å². The molecule has 0 fully saturated rings. The van der Waals surface area contributed by atoms with Crippen molar-refractivity contribution in [1.29, 1.82) is 0 Å². The number of carbonyl (C=O) groups excluding carboxylic acids is 2. The highest BCUT2D eigenvalue weighted by molar-refractivity contribution is 6.30. The van der Waals surface area contributed by atoms with Crippen molar-refractivity contribution in [3.05, 3.63) is 58.6 Å². The Morgan fingerprint density at radius 3 is 2.26 bits per heavy atom. The van der Waals surface area contributed by atoms with Gasteiger partial charge in [-0.1, -0.05) is 30.7 Å². The predicted molar refractivity (Wildman–Crippen MR) is 93.9 cm³/mol. The Morgan fingerprint density at radius 1 is 1.00 bits per heavy atom. The highest BCUT2D eigenvalue weighted by atomic mass is 35.5. The molecule has 0 aromatic heterocycles. The molecule has 2 aromatic carbocycles. The van der Waals surface area contributed by atoms with Gasteiger partial charge >= 0.3 is 0 Å². The largest absolute Gasteiger partial charge is 0.326 e. The fourth-order valence-corrected chi connectivity index (χ4v) is 2.36. The summed E-state index contributed by atoms with van der Waals surface area (Å²) in [4.78, 5) is 23.9. The first-order chi connectivity index (χ1) is 11.0. The number of hydrogen-bond donors (Lipinski definition) is 2. The summed E-state index contributed by atoms with van der Waals surface area (Å²) in [5, 5.41) is 6.03. The number of halogens is 1. The zero-order chi connectivity index (χ0) is 16.8. The fourth-order valence-electron chi connectivity index (χ4n) is 2.14. The molecule has 2 rings (SSSR count). The molecule has 0 aliphatic carbocycles. The van der Waals surface area contributed by atoms with Crippen molar-refractivity contribution in [3.63, 3.8) is 0 Å². The fraction of sp³-hybridized carbons (Fsp3) is 0.222. The second kappa shape index (κ2) is 7.79. The highest BCUT2D eigenvalue weighted by Crippen LogP contribution is 2.19. The molecule has 0 saturated heterocycles. The Balaban J connectivity index is 1.90. The van der Waals surface area contributed by atoms with E-state index in [9.17, 15) is 9.59 Å². The van der Waals surface area contributed by atoms with E-state index in [1.807, 2.05) is 31.2 Å². The lowest BCUT2D eigenvalue weighted by Gasteiger charge is -2.09. The van der Waals surface area contributed by atoms with Crippen molar-refractivity contribution in [2.45, 2.75) is 26.7 Å². The second-order valence-corrected chi connectivity index (χ2v) is 5.72. The molecule has 5 heteroatoms. The van der Waals surface area contributed by atoms with E-state index in [1.165, 1.54) is 5.56 Å². The van der Waals surface area contributed by atoms with Crippen LogP contribution >= 0.6 is 11.6 Å². The second-order valence-electron chi connectivity index (χ2n) is 5.28. The molecule has 0 atom stereocenters. The number of amides is 2. The minimum atomic E-state index is -0.363. The van der Waals surface area contributed by atoms with E-state index in [0.29, 0.717) is 16.4 Å². The van der Waals surface area contributed by atoms with E-state index in [2.05, 4.69) is 17.6 Å². The number of rotatable bonds is 5. The average Bonchev–Trinajstić information content (AvgIpc) is 2.50. The van der Waals surface area contributed by atoms with Crippen molar-refractivity contribution in [2.24, 2.45) is 0 Å². The maximum absolute atomic E-state index is 11.9. The summed E-state index contributed by atoms with van der Waals surface area (Å²) in [6.45, 7) is 3.91. The molecule has 2 N–H and O–H groups in total. The normalized spacial score (nSPS) is 10.2. The third kappa shape index (κ3) is 5.11. The van der Waals surface area contributed by atoms with Crippen molar-refractivity contribution in [1.82, 2.24) is 0 Å². The van der Waals surface area contributed by atoms with Crippen LogP contribution in [0, 0.1) is 6.92 Å². The van der Waals surface area contributed by atoms with E-state index >= 15 is 0 Å². The predicted octanol–water partition coefficient (Wildman–Crippen LogP) is 4.18. The molecule has 0 spiro atoms. The summed E-state index contributed by atoms with van der Waals surface area (Å²) in [5.74, 6) is -0.712. The van der Waals surface area contributed by atoms with Gasteiger partial charge in [-0.2, -0.15) is 0 Å². The smallest absolute Gasteiger partial charge is 0.233 e. The molecule has 0 aliphatic rings. The van der Waals surface area contributed by atoms with Gasteiger partial charge in [0, 0.05) is 16.4 Å². The summed E-state index contributed by atoms with van der Waals surface area (Å²) < 4.78 is 0. The zero-order valence-electron chi connectivity index (χ0n) is 13.2. The van der Waals surface area contributed by atoms with Gasteiger partial charge in [0.2, 0.25) is 11.8 Å². The first-order valence-corrected chi connectivity index (χ1v) is 7.80. The first-order valence-electron chi connectivity index (χ1n) is 7.42. The third-order valence-corrected chi connectivity index (χ3v) is 3.66. The SMILES string of the molecule is CCc1ccc(NC(=O)CC(=O)Nc2ccc(Cl)cc2C)cc1. The maximum atomic E-state index is 11.9. The molecule has 0 aliphatic heterocycles. The number of carbonyl (C=O) groups is 2. The van der Waals surface area contributed by atoms with Crippen molar-refractivity contribution >= 4 is 34.8 Å². The van der Waals surface area contributed by atoms with Crippen molar-refractivity contribution in [2.75, 3.05) is 10.6 Å². The third-order valence-electron chi connectivity index (χ3n) is 3.43. The molecule has 2 aromatic rings. The Labute approximate surface area is 140 Å². The Bertz CT molecular complexity index is 711. The van der Waals surface area contributed by atoms with Crippen LogP contribution in [0.15, 0.2) is 42.5 Å². The molecule has 2 amide bonds. The van der Waals surface area contributed by atoms with E-state index in [4.69, 9.17) is 11.6 Å². The quantitative estimate of drug-likeness (QED) is 0.808. The van der Waals surface area contributed by atoms with Crippen LogP contribution in [0.1, 0.15) is 24.5 Å². The number of aryl methyl sites for hydroxylation is 2. The zero-order valence-corrected chi connectivity index (χ0v) is 13.9. The lowest BCUT2D eigenvalue weighted by atomic mass is 10.1. The molecule has 4 nitrogen and oxygen atoms in total. The Hall–Kier alpha value is -2.33. The first kappa shape index (κ1) is 17.0. The lowest BCUT2D eigenvalue weighted by Crippen LogP contribution is -2.21. The van der Waals surface area contributed by atoms with Gasteiger partial charge in [-0.15, -0.1) is 0 Å². The summed E-state index contributed by atoms with van der Waals surface area (Å²) in [6, 6.07) is 12.7. The summed E-state index contributed by atoms with van der Waals surface area (Å²) >= 11 is 5.87. The van der Waals surface area contributed by atoms with Gasteiger partial charge in [0.15, 0.2) is 0 Å². The molecule has 23 heavy (non-hydrogen) atoms. The van der Waals surface area contributed by atoms with Crippen LogP contribution < -0.4 is 10.6 Å². The number of nitrogens with one attached hydrogen (secondary N) is 2. The Morgan fingerprint density at radius 2 is 1.65 bits per heavy atom. The van der Waals surface area contributed by atoms with Gasteiger partial charge in [-0.25, -0.2) is 0 Å². The summed E-state index contributed by atoms with van der Waals surface area (Å²) in [6.07, 6.45) is 0.703. The molecular formula is C18H19ClN2O2. The van der Waals surface area contributed by atoms with E-state index < -0.39 is 0 Å². The van der Waals surface area contributed by atoms with Gasteiger partial charge in [0.05, 0.1) is 0 Å². The van der Waals surface area contributed by atoms with Crippen molar-refractivity contribution < 1.29 is 9.59 Å². The molecule has 120 valence electrons. The van der Waals surface area contributed by atoms with E-state index in [0.717, 1.165) is 12.0 Å². The minimum absolute atomic E-state index is 0.238. The van der Waals surface area contributed by atoms with Crippen LogP contribution in [0.5, 0.6) is 0 Å². The van der Waals surface area contributed by atoms with Gasteiger partial charge in [0.25, 0.3) is 0 Å². The van der Waals surface area contributed by atoms with Crippen molar-refractivity contribution in [3.8, 4) is 0 Å². The summed E-state index contributed by atoms with van der Waals surface area (Å²) in [7, 11) is 0. The number of anilines is 2. The van der Waals surface area contributed by atoms with Gasteiger partial charge in [-0.3, -0.25) is 9.59 Å². The van der Waals surface area contributed by atoms with Gasteiger partial charge in [0.1, 0.15) is 6.42 Å².